The summed E-state index contributed by atoms with van der Waals surface area (Å²) >= 11 is 3.72. The first-order valence-corrected chi connectivity index (χ1v) is 5.54. The maximum Gasteiger partial charge on any atom is 0.290 e. The van der Waals surface area contributed by atoms with Crippen LogP contribution in [0.2, 0.25) is 0 Å². The van der Waals surface area contributed by atoms with E-state index in [0.29, 0.717) is 11.4 Å². The number of fused-ring (bicyclic) bond motifs is 1. The van der Waals surface area contributed by atoms with Crippen LogP contribution in [0.5, 0.6) is 5.75 Å². The fourth-order valence-corrected chi connectivity index (χ4v) is 1.89. The van der Waals surface area contributed by atoms with Gasteiger partial charge in [-0.25, -0.2) is 4.90 Å². The first-order chi connectivity index (χ1) is 8.04. The molecule has 0 aromatic heterocycles. The molecule has 1 aliphatic heterocycles. The van der Waals surface area contributed by atoms with Crippen LogP contribution in [0, 0.1) is 0 Å². The van der Waals surface area contributed by atoms with Crippen molar-refractivity contribution in [2.75, 3.05) is 17.3 Å². The predicted molar refractivity (Wildman–Crippen MR) is 67.9 cm³/mol. The summed E-state index contributed by atoms with van der Waals surface area (Å²) in [4.78, 5) is 24.3. The van der Waals surface area contributed by atoms with Crippen molar-refractivity contribution >= 4 is 35.1 Å². The van der Waals surface area contributed by atoms with Crippen LogP contribution >= 0.6 is 12.6 Å². The molecular formula is C11H12N2O3S. The van der Waals surface area contributed by atoms with Gasteiger partial charge in [-0.3, -0.25) is 9.59 Å². The summed E-state index contributed by atoms with van der Waals surface area (Å²) < 4.78 is 5.42. The van der Waals surface area contributed by atoms with Crippen LogP contribution in [-0.2, 0) is 4.79 Å². The third-order valence-electron chi connectivity index (χ3n) is 2.55. The molecule has 6 heteroatoms. The average molecular weight is 252 g/mol. The molecule has 1 atom stereocenters. The van der Waals surface area contributed by atoms with Crippen LogP contribution in [0.3, 0.4) is 0 Å². The zero-order valence-corrected chi connectivity index (χ0v) is 10.3. The van der Waals surface area contributed by atoms with Crippen molar-refractivity contribution in [3.05, 3.63) is 18.2 Å². The molecule has 2 amide bonds. The largest absolute Gasteiger partial charge is 0.479 e. The van der Waals surface area contributed by atoms with Crippen molar-refractivity contribution in [3.8, 4) is 5.75 Å². The summed E-state index contributed by atoms with van der Waals surface area (Å²) in [5, 5.41) is 2.32. The topological polar surface area (TPSA) is 58.6 Å². The summed E-state index contributed by atoms with van der Waals surface area (Å²) in [7, 11) is 1.75. The number of carbonyl (C=O) groups excluding carboxylic acids is 2. The van der Waals surface area contributed by atoms with E-state index in [9.17, 15) is 9.59 Å². The molecule has 1 aliphatic rings. The molecule has 0 bridgehead atoms. The maximum absolute atomic E-state index is 11.8. The molecule has 0 aliphatic carbocycles. The number of nitrogens with one attached hydrogen (secondary N) is 1. The number of nitrogens with zero attached hydrogens (tertiary/aromatic N) is 1. The lowest BCUT2D eigenvalue weighted by Gasteiger charge is -2.30. The van der Waals surface area contributed by atoms with Crippen LogP contribution in [0.25, 0.3) is 0 Å². The Bertz CT molecular complexity index is 490. The number of amides is 2. The molecule has 0 fully saturated rings. The summed E-state index contributed by atoms with van der Waals surface area (Å²) in [6.45, 7) is 1.60. The van der Waals surface area contributed by atoms with E-state index < -0.39 is 17.3 Å². The fraction of sp³-hybridized carbons (Fsp3) is 0.273. The third-order valence-corrected chi connectivity index (χ3v) is 2.75. The van der Waals surface area contributed by atoms with Gasteiger partial charge in [0.2, 0.25) is 0 Å². The van der Waals surface area contributed by atoms with Crippen molar-refractivity contribution in [1.82, 2.24) is 0 Å². The normalized spacial score (nSPS) is 18.4. The standard InChI is InChI=1S/C11H12N2O3S/c1-6-10(14)13(11(15)17)8-5-7(12-2)3-4-9(8)16-6/h3-6,12H,1-2H3,(H,15,17). The highest BCUT2D eigenvalue weighted by Crippen LogP contribution is 2.36. The maximum atomic E-state index is 11.8. The Morgan fingerprint density at radius 3 is 2.82 bits per heavy atom. The van der Waals surface area contributed by atoms with Gasteiger partial charge in [0, 0.05) is 12.7 Å². The van der Waals surface area contributed by atoms with Gasteiger partial charge in [-0.15, -0.1) is 0 Å². The smallest absolute Gasteiger partial charge is 0.290 e. The molecule has 0 spiro atoms. The van der Waals surface area contributed by atoms with E-state index in [0.717, 1.165) is 10.6 Å². The molecule has 1 aromatic rings. The highest BCUT2D eigenvalue weighted by atomic mass is 32.1. The number of carbonyl (C=O) groups is 2. The number of hydrogen-bond acceptors (Lipinski definition) is 4. The molecule has 5 nitrogen and oxygen atoms in total. The number of benzene rings is 1. The average Bonchev–Trinajstić information content (AvgIpc) is 2.29. The minimum absolute atomic E-state index is 0.411. The van der Waals surface area contributed by atoms with Gasteiger partial charge in [0.25, 0.3) is 11.1 Å². The van der Waals surface area contributed by atoms with Gasteiger partial charge >= 0.3 is 0 Å². The van der Waals surface area contributed by atoms with Crippen LogP contribution in [0.1, 0.15) is 6.92 Å². The molecule has 1 N–H and O–H groups in total. The van der Waals surface area contributed by atoms with E-state index in [2.05, 4.69) is 17.9 Å². The van der Waals surface area contributed by atoms with Crippen LogP contribution in [0.4, 0.5) is 16.2 Å². The van der Waals surface area contributed by atoms with E-state index in [-0.39, 0.29) is 0 Å². The van der Waals surface area contributed by atoms with E-state index in [1.54, 1.807) is 26.1 Å². The molecule has 1 heterocycles. The number of hydrogen-bond donors (Lipinski definition) is 2. The lowest BCUT2D eigenvalue weighted by Crippen LogP contribution is -2.45. The van der Waals surface area contributed by atoms with Crippen molar-refractivity contribution in [3.63, 3.8) is 0 Å². The number of imide groups is 1. The van der Waals surface area contributed by atoms with E-state index in [4.69, 9.17) is 4.74 Å². The van der Waals surface area contributed by atoms with Gasteiger partial charge in [-0.05, 0) is 25.1 Å². The summed E-state index contributed by atoms with van der Waals surface area (Å²) in [5.41, 5.74) is 1.20. The van der Waals surface area contributed by atoms with Crippen LogP contribution < -0.4 is 15.0 Å². The van der Waals surface area contributed by atoms with Crippen molar-refractivity contribution in [2.24, 2.45) is 0 Å². The predicted octanol–water partition coefficient (Wildman–Crippen LogP) is 1.89. The first kappa shape index (κ1) is 11.8. The monoisotopic (exact) mass is 252 g/mol. The molecule has 0 saturated carbocycles. The minimum Gasteiger partial charge on any atom is -0.479 e. The minimum atomic E-state index is -0.681. The lowest BCUT2D eigenvalue weighted by atomic mass is 10.2. The second-order valence-electron chi connectivity index (χ2n) is 3.65. The van der Waals surface area contributed by atoms with Crippen molar-refractivity contribution < 1.29 is 14.3 Å². The second kappa shape index (κ2) is 4.29. The van der Waals surface area contributed by atoms with Crippen molar-refractivity contribution in [1.29, 1.82) is 0 Å². The van der Waals surface area contributed by atoms with E-state index in [1.165, 1.54) is 0 Å². The number of rotatable bonds is 1. The van der Waals surface area contributed by atoms with Gasteiger partial charge in [0.15, 0.2) is 6.10 Å². The third kappa shape index (κ3) is 1.95. The summed E-state index contributed by atoms with van der Waals surface area (Å²) in [6, 6.07) is 5.20. The van der Waals surface area contributed by atoms with Gasteiger partial charge < -0.3 is 10.1 Å². The van der Waals surface area contributed by atoms with E-state index in [1.807, 2.05) is 6.07 Å². The van der Waals surface area contributed by atoms with Gasteiger partial charge in [0.05, 0.1) is 5.69 Å². The molecule has 1 unspecified atom stereocenters. The molecule has 90 valence electrons. The van der Waals surface area contributed by atoms with Gasteiger partial charge in [-0.2, -0.15) is 0 Å². The molecule has 2 rings (SSSR count). The Balaban J connectivity index is 2.55. The lowest BCUT2D eigenvalue weighted by molar-refractivity contribution is -0.124. The molecule has 0 saturated heterocycles. The fourth-order valence-electron chi connectivity index (χ4n) is 1.69. The number of anilines is 2. The van der Waals surface area contributed by atoms with E-state index >= 15 is 0 Å². The Morgan fingerprint density at radius 2 is 2.24 bits per heavy atom. The second-order valence-corrected chi connectivity index (χ2v) is 4.03. The Labute approximate surface area is 104 Å². The first-order valence-electron chi connectivity index (χ1n) is 5.10. The molecule has 17 heavy (non-hydrogen) atoms. The molecule has 1 aromatic carbocycles. The Morgan fingerprint density at radius 1 is 1.53 bits per heavy atom. The molecule has 0 radical (unpaired) electrons. The zero-order valence-electron chi connectivity index (χ0n) is 9.43. The summed E-state index contributed by atoms with van der Waals surface area (Å²) in [6.07, 6.45) is -0.681. The quantitative estimate of drug-likeness (QED) is 0.749. The summed E-state index contributed by atoms with van der Waals surface area (Å²) in [5.74, 6) is 0.0873. The van der Waals surface area contributed by atoms with Crippen LogP contribution in [0.15, 0.2) is 18.2 Å². The number of ether oxygens (including phenoxy) is 1. The van der Waals surface area contributed by atoms with Crippen molar-refractivity contribution in [2.45, 2.75) is 13.0 Å². The number of thiol groups is 1. The highest BCUT2D eigenvalue weighted by Gasteiger charge is 2.34. The molecular weight excluding hydrogens is 240 g/mol. The SMILES string of the molecule is CNc1ccc2c(c1)N(C(=O)S)C(=O)C(C)O2. The zero-order chi connectivity index (χ0) is 12.6. The Hall–Kier alpha value is -1.69. The van der Waals surface area contributed by atoms with Gasteiger partial charge in [0.1, 0.15) is 5.75 Å². The highest BCUT2D eigenvalue weighted by molar-refractivity contribution is 7.97. The van der Waals surface area contributed by atoms with Gasteiger partial charge in [-0.1, -0.05) is 12.6 Å². The van der Waals surface area contributed by atoms with Crippen LogP contribution in [-0.4, -0.2) is 24.3 Å². The Kier molecular flexibility index (Phi) is 2.97.